The van der Waals surface area contributed by atoms with E-state index in [1.807, 2.05) is 60.8 Å². The lowest BCUT2D eigenvalue weighted by atomic mass is 10.2. The van der Waals surface area contributed by atoms with E-state index in [2.05, 4.69) is 45.8 Å². The zero-order chi connectivity index (χ0) is 20.4. The van der Waals surface area contributed by atoms with E-state index in [0.29, 0.717) is 0 Å². The van der Waals surface area contributed by atoms with Crippen molar-refractivity contribution in [2.75, 3.05) is 0 Å². The monoisotopic (exact) mass is 339 g/mol. The van der Waals surface area contributed by atoms with Gasteiger partial charge in [-0.1, -0.05) is 91.9 Å². The molecule has 0 saturated heterocycles. The lowest BCUT2D eigenvalue weighted by molar-refractivity contribution is 0.772. The van der Waals surface area contributed by atoms with Crippen LogP contribution in [0.1, 0.15) is 108 Å². The maximum absolute atomic E-state index is 4.05. The number of aliphatic imine (C=N–C) groups is 1. The molecule has 0 radical (unpaired) electrons. The molecule has 0 amide bonds. The molecule has 146 valence electrons. The number of rotatable bonds is 6. The molecule has 0 aromatic rings. The van der Waals surface area contributed by atoms with Crippen LogP contribution in [-0.4, -0.2) is 6.21 Å². The largest absolute Gasteiger partial charge is 0.262 e. The maximum Gasteiger partial charge on any atom is 0.0300 e. The molecule has 0 bridgehead atoms. The second-order valence-electron chi connectivity index (χ2n) is 5.34. The van der Waals surface area contributed by atoms with Crippen LogP contribution in [0.2, 0.25) is 0 Å². The second kappa shape index (κ2) is 37.8. The molecule has 0 aliphatic carbocycles. The predicted octanol–water partition coefficient (Wildman–Crippen LogP) is 9.17. The molecule has 0 saturated carbocycles. The summed E-state index contributed by atoms with van der Waals surface area (Å²) in [4.78, 5) is 4.05. The summed E-state index contributed by atoms with van der Waals surface area (Å²) in [6.07, 6.45) is 10.3. The van der Waals surface area contributed by atoms with Crippen molar-refractivity contribution in [3.05, 3.63) is 36.1 Å². The highest BCUT2D eigenvalue weighted by molar-refractivity contribution is 5.72. The fraction of sp³-hybridized carbons (Fsp3) is 0.696. The van der Waals surface area contributed by atoms with Crippen molar-refractivity contribution in [3.8, 4) is 0 Å². The first-order valence-electron chi connectivity index (χ1n) is 9.79. The molecule has 0 fully saturated rings. The lowest BCUT2D eigenvalue weighted by Gasteiger charge is -1.92. The first kappa shape index (κ1) is 34.3. The molecular formula is C23H49N. The van der Waals surface area contributed by atoms with Crippen molar-refractivity contribution in [1.29, 1.82) is 0 Å². The van der Waals surface area contributed by atoms with Crippen LogP contribution in [0.5, 0.6) is 0 Å². The zero-order valence-electron chi connectivity index (χ0n) is 19.1. The van der Waals surface area contributed by atoms with Crippen LogP contribution in [-0.2, 0) is 0 Å². The Morgan fingerprint density at radius 1 is 0.792 bits per heavy atom. The van der Waals surface area contributed by atoms with Crippen LogP contribution < -0.4 is 0 Å². The molecule has 0 atom stereocenters. The Bertz CT molecular complexity index is 276. The van der Waals surface area contributed by atoms with Gasteiger partial charge >= 0.3 is 0 Å². The van der Waals surface area contributed by atoms with Crippen LogP contribution >= 0.6 is 0 Å². The van der Waals surface area contributed by atoms with E-state index in [9.17, 15) is 0 Å². The Kier molecular flexibility index (Phi) is 54.0. The van der Waals surface area contributed by atoms with E-state index in [1.165, 1.54) is 36.8 Å². The molecule has 0 unspecified atom stereocenters. The number of hydrogen-bond donors (Lipinski definition) is 0. The molecule has 1 heteroatoms. The molecule has 0 aromatic heterocycles. The summed E-state index contributed by atoms with van der Waals surface area (Å²) in [6.45, 7) is 29.8. The molecule has 1 nitrogen and oxygen atoms in total. The number of allylic oxidation sites excluding steroid dienone is 4. The maximum atomic E-state index is 4.05. The smallest absolute Gasteiger partial charge is 0.0300 e. The molecule has 0 aliphatic heterocycles. The number of nitrogens with zero attached hydrogens (tertiary/aromatic N) is 1. The third-order valence-electron chi connectivity index (χ3n) is 2.01. The average Bonchev–Trinajstić information content (AvgIpc) is 2.52. The summed E-state index contributed by atoms with van der Waals surface area (Å²) >= 11 is 0. The Morgan fingerprint density at radius 3 is 1.38 bits per heavy atom. The Morgan fingerprint density at radius 2 is 1.17 bits per heavy atom. The van der Waals surface area contributed by atoms with Crippen molar-refractivity contribution in [2.24, 2.45) is 4.99 Å². The summed E-state index contributed by atoms with van der Waals surface area (Å²) in [5.41, 5.74) is 3.39. The highest BCUT2D eigenvalue weighted by Crippen LogP contribution is 2.01. The van der Waals surface area contributed by atoms with E-state index in [4.69, 9.17) is 0 Å². The quantitative estimate of drug-likeness (QED) is 0.338. The minimum Gasteiger partial charge on any atom is -0.262 e. The standard InChI is InChI=1S/C10H17N.C5H12.C4H8.2C2H6/c1-5-6-10(4)7-8-11-9(2)3;1-3-5-4-2;1-4(2)3;2*1-2/h7-8H,2,5-6H2,1,3-4H3;3-5H2,1-2H3;1H2,2-3H3;2*1-2H3/b10-7+,11-8?;;;;. The van der Waals surface area contributed by atoms with Gasteiger partial charge in [0.05, 0.1) is 0 Å². The summed E-state index contributed by atoms with van der Waals surface area (Å²) in [5, 5.41) is 0. The van der Waals surface area contributed by atoms with Crippen molar-refractivity contribution >= 4 is 6.21 Å². The Balaban J connectivity index is -0.0000000773. The van der Waals surface area contributed by atoms with Crippen LogP contribution in [0.4, 0.5) is 0 Å². The average molecular weight is 340 g/mol. The molecule has 0 heterocycles. The van der Waals surface area contributed by atoms with E-state index < -0.39 is 0 Å². The molecule has 0 rings (SSSR count). The Hall–Kier alpha value is -1.11. The molecule has 0 spiro atoms. The van der Waals surface area contributed by atoms with Crippen molar-refractivity contribution < 1.29 is 0 Å². The molecular weight excluding hydrogens is 290 g/mol. The predicted molar refractivity (Wildman–Crippen MR) is 120 cm³/mol. The topological polar surface area (TPSA) is 12.4 Å². The van der Waals surface area contributed by atoms with E-state index in [1.54, 1.807) is 0 Å². The molecule has 24 heavy (non-hydrogen) atoms. The third kappa shape index (κ3) is 84.5. The van der Waals surface area contributed by atoms with E-state index in [0.717, 1.165) is 12.1 Å². The van der Waals surface area contributed by atoms with Gasteiger partial charge in [-0.25, -0.2) is 0 Å². The van der Waals surface area contributed by atoms with Crippen LogP contribution in [0.25, 0.3) is 0 Å². The Labute approximate surface area is 156 Å². The van der Waals surface area contributed by atoms with Crippen LogP contribution in [0.15, 0.2) is 41.1 Å². The summed E-state index contributed by atoms with van der Waals surface area (Å²) < 4.78 is 0. The summed E-state index contributed by atoms with van der Waals surface area (Å²) in [7, 11) is 0. The molecule has 0 N–H and O–H groups in total. The van der Waals surface area contributed by atoms with Gasteiger partial charge in [-0.2, -0.15) is 0 Å². The number of unbranched alkanes of at least 4 members (excludes halogenated alkanes) is 2. The molecule has 0 aromatic carbocycles. The van der Waals surface area contributed by atoms with Gasteiger partial charge in [-0.05, 0) is 40.2 Å². The van der Waals surface area contributed by atoms with Gasteiger partial charge in [0.15, 0.2) is 0 Å². The van der Waals surface area contributed by atoms with Crippen molar-refractivity contribution in [3.63, 3.8) is 0 Å². The third-order valence-corrected chi connectivity index (χ3v) is 2.01. The highest BCUT2D eigenvalue weighted by Gasteiger charge is 1.83. The van der Waals surface area contributed by atoms with Gasteiger partial charge in [-0.15, -0.1) is 6.58 Å². The highest BCUT2D eigenvalue weighted by atomic mass is 14.7. The lowest BCUT2D eigenvalue weighted by Crippen LogP contribution is -1.76. The van der Waals surface area contributed by atoms with Crippen molar-refractivity contribution in [2.45, 2.75) is 108 Å². The van der Waals surface area contributed by atoms with Gasteiger partial charge in [-0.3, -0.25) is 4.99 Å². The normalized spacial score (nSPS) is 9.04. The number of hydrogen-bond acceptors (Lipinski definition) is 1. The van der Waals surface area contributed by atoms with E-state index in [-0.39, 0.29) is 0 Å². The fourth-order valence-corrected chi connectivity index (χ4v) is 1.12. The van der Waals surface area contributed by atoms with Gasteiger partial charge in [0.1, 0.15) is 0 Å². The van der Waals surface area contributed by atoms with Crippen LogP contribution in [0.3, 0.4) is 0 Å². The van der Waals surface area contributed by atoms with Crippen molar-refractivity contribution in [1.82, 2.24) is 0 Å². The minimum atomic E-state index is 0.852. The summed E-state index contributed by atoms with van der Waals surface area (Å²) in [6, 6.07) is 0. The summed E-state index contributed by atoms with van der Waals surface area (Å²) in [5.74, 6) is 0. The first-order chi connectivity index (χ1) is 11.3. The van der Waals surface area contributed by atoms with Gasteiger partial charge < -0.3 is 0 Å². The van der Waals surface area contributed by atoms with Gasteiger partial charge in [0.2, 0.25) is 0 Å². The molecule has 0 aliphatic rings. The van der Waals surface area contributed by atoms with Crippen LogP contribution in [0, 0.1) is 0 Å². The van der Waals surface area contributed by atoms with E-state index >= 15 is 0 Å². The SMILES string of the molecule is C=C(C)C.C=C(C)N=C/C=C(\C)CCC.CC.CC.CCCCC. The zero-order valence-corrected chi connectivity index (χ0v) is 19.1. The minimum absolute atomic E-state index is 0.852. The fourth-order valence-electron chi connectivity index (χ4n) is 1.12. The first-order valence-corrected chi connectivity index (χ1v) is 9.79. The van der Waals surface area contributed by atoms with Gasteiger partial charge in [0.25, 0.3) is 0 Å². The van der Waals surface area contributed by atoms with Gasteiger partial charge in [0, 0.05) is 11.9 Å². The second-order valence-corrected chi connectivity index (χ2v) is 5.34.